The Balaban J connectivity index is 1.62. The molecule has 2 aromatic carbocycles. The molecule has 4 rings (SSSR count). The van der Waals surface area contributed by atoms with Crippen LogP contribution in [0.2, 0.25) is 0 Å². The van der Waals surface area contributed by atoms with Gasteiger partial charge in [0.2, 0.25) is 5.78 Å². The van der Waals surface area contributed by atoms with E-state index in [0.717, 1.165) is 54.3 Å². The Hall–Kier alpha value is -3.41. The molecule has 1 aromatic heterocycles. The number of Topliss-reactive ketones (excluding diaryl/α,β-unsaturated/α-hetero) is 1. The number of ether oxygens (including phenoxy) is 3. The fraction of sp³-hybridized carbons (Fsp3) is 0.320. The van der Waals surface area contributed by atoms with Gasteiger partial charge in [-0.2, -0.15) is 0 Å². The Bertz CT molecular complexity index is 1140. The van der Waals surface area contributed by atoms with E-state index >= 15 is 0 Å². The number of hydrogen-bond acceptors (Lipinski definition) is 6. The van der Waals surface area contributed by atoms with E-state index in [1.165, 1.54) is 7.11 Å². The van der Waals surface area contributed by atoms with Gasteiger partial charge < -0.3 is 14.2 Å². The van der Waals surface area contributed by atoms with Gasteiger partial charge in [-0.1, -0.05) is 24.6 Å². The second-order valence-corrected chi connectivity index (χ2v) is 7.56. The molecule has 0 atom stereocenters. The van der Waals surface area contributed by atoms with Crippen molar-refractivity contribution in [2.45, 2.75) is 32.1 Å². The third-order valence-electron chi connectivity index (χ3n) is 5.67. The average molecular weight is 419 g/mol. The lowest BCUT2D eigenvalue weighted by atomic mass is 9.97. The van der Waals surface area contributed by atoms with Crippen molar-refractivity contribution in [2.24, 2.45) is 0 Å². The lowest BCUT2D eigenvalue weighted by molar-refractivity contribution is 0.0474. The first-order valence-electron chi connectivity index (χ1n) is 10.4. The summed E-state index contributed by atoms with van der Waals surface area (Å²) in [5.74, 6) is 0.134. The molecule has 1 heterocycles. The van der Waals surface area contributed by atoms with E-state index < -0.39 is 5.97 Å². The number of esters is 1. The quantitative estimate of drug-likeness (QED) is 0.331. The molecule has 6 nitrogen and oxygen atoms in total. The maximum Gasteiger partial charge on any atom is 0.339 e. The number of fused-ring (bicyclic) bond motifs is 2. The van der Waals surface area contributed by atoms with E-state index in [4.69, 9.17) is 19.2 Å². The number of rotatable bonds is 6. The molecule has 3 aromatic rings. The highest BCUT2D eigenvalue weighted by Gasteiger charge is 2.24. The summed E-state index contributed by atoms with van der Waals surface area (Å²) in [5.41, 5.74) is 3.58. The molecule has 0 N–H and O–H groups in total. The Morgan fingerprint density at radius 3 is 2.58 bits per heavy atom. The summed E-state index contributed by atoms with van der Waals surface area (Å²) in [6.45, 7) is -0.368. The minimum Gasteiger partial charge on any atom is -0.497 e. The number of para-hydroxylation sites is 1. The van der Waals surface area contributed by atoms with Crippen LogP contribution >= 0.6 is 0 Å². The molecule has 0 saturated heterocycles. The topological polar surface area (TPSA) is 74.7 Å². The van der Waals surface area contributed by atoms with Crippen LogP contribution in [0.3, 0.4) is 0 Å². The molecule has 0 amide bonds. The standard InChI is InChI=1S/C25H25NO5/c1-29-16-12-13-19(23(14-16)30-2)22(27)15-31-25(28)24-17-8-4-3-5-10-20(17)26-21-11-7-6-9-18(21)24/h6-7,9,11-14H,3-5,8,10,15H2,1-2H3. The zero-order valence-electron chi connectivity index (χ0n) is 17.8. The Kier molecular flexibility index (Phi) is 6.16. The number of ketones is 1. The van der Waals surface area contributed by atoms with Gasteiger partial charge >= 0.3 is 5.97 Å². The van der Waals surface area contributed by atoms with Crippen LogP contribution in [0.5, 0.6) is 11.5 Å². The summed E-state index contributed by atoms with van der Waals surface area (Å²) in [6, 6.07) is 12.5. The molecule has 6 heteroatoms. The summed E-state index contributed by atoms with van der Waals surface area (Å²) in [7, 11) is 3.02. The normalized spacial score (nSPS) is 13.2. The first-order chi connectivity index (χ1) is 15.1. The second kappa shape index (κ2) is 9.16. The van der Waals surface area contributed by atoms with Gasteiger partial charge in [-0.25, -0.2) is 4.79 Å². The number of methoxy groups -OCH3 is 2. The van der Waals surface area contributed by atoms with Crippen molar-refractivity contribution in [3.05, 3.63) is 64.8 Å². The molecule has 0 spiro atoms. The SMILES string of the molecule is COc1ccc(C(=O)COC(=O)c2c3c(nc4ccccc24)CCCCC3)c(OC)c1. The highest BCUT2D eigenvalue weighted by Crippen LogP contribution is 2.30. The zero-order valence-corrected chi connectivity index (χ0v) is 17.8. The Labute approximate surface area is 181 Å². The smallest absolute Gasteiger partial charge is 0.339 e. The van der Waals surface area contributed by atoms with Crippen LogP contribution in [0.1, 0.15) is 51.2 Å². The molecule has 0 saturated carbocycles. The molecule has 0 aliphatic heterocycles. The molecule has 31 heavy (non-hydrogen) atoms. The average Bonchev–Trinajstić information content (AvgIpc) is 3.05. The third kappa shape index (κ3) is 4.24. The molecule has 0 bridgehead atoms. The highest BCUT2D eigenvalue weighted by atomic mass is 16.5. The third-order valence-corrected chi connectivity index (χ3v) is 5.67. The van der Waals surface area contributed by atoms with Gasteiger partial charge in [0.25, 0.3) is 0 Å². The second-order valence-electron chi connectivity index (χ2n) is 7.56. The minimum atomic E-state index is -0.488. The summed E-state index contributed by atoms with van der Waals surface area (Å²) in [6.07, 6.45) is 4.81. The fourth-order valence-electron chi connectivity index (χ4n) is 4.09. The van der Waals surface area contributed by atoms with Crippen LogP contribution in [-0.4, -0.2) is 37.6 Å². The minimum absolute atomic E-state index is 0.336. The van der Waals surface area contributed by atoms with Crippen molar-refractivity contribution < 1.29 is 23.8 Å². The molecule has 0 fully saturated rings. The molecule has 160 valence electrons. The van der Waals surface area contributed by atoms with Crippen molar-refractivity contribution in [3.63, 3.8) is 0 Å². The molecule has 0 radical (unpaired) electrons. The van der Waals surface area contributed by atoms with Crippen molar-refractivity contribution in [3.8, 4) is 11.5 Å². The van der Waals surface area contributed by atoms with Gasteiger partial charge in [-0.15, -0.1) is 0 Å². The van der Waals surface area contributed by atoms with Gasteiger partial charge in [0.05, 0.1) is 30.9 Å². The lowest BCUT2D eigenvalue weighted by Gasteiger charge is -2.15. The lowest BCUT2D eigenvalue weighted by Crippen LogP contribution is -2.17. The molecule has 1 aliphatic rings. The number of pyridine rings is 1. The maximum absolute atomic E-state index is 13.2. The number of carbonyl (C=O) groups excluding carboxylic acids is 2. The Morgan fingerprint density at radius 2 is 1.77 bits per heavy atom. The Morgan fingerprint density at radius 1 is 0.968 bits per heavy atom. The van der Waals surface area contributed by atoms with Crippen molar-refractivity contribution in [2.75, 3.05) is 20.8 Å². The van der Waals surface area contributed by atoms with E-state index in [-0.39, 0.29) is 12.4 Å². The number of hydrogen-bond donors (Lipinski definition) is 0. The van der Waals surface area contributed by atoms with E-state index in [1.807, 2.05) is 24.3 Å². The van der Waals surface area contributed by atoms with Crippen molar-refractivity contribution in [1.29, 1.82) is 0 Å². The van der Waals surface area contributed by atoms with Crippen molar-refractivity contribution >= 4 is 22.7 Å². The number of nitrogens with zero attached hydrogens (tertiary/aromatic N) is 1. The van der Waals surface area contributed by atoms with Crippen LogP contribution in [-0.2, 0) is 17.6 Å². The maximum atomic E-state index is 13.2. The summed E-state index contributed by atoms with van der Waals surface area (Å²) in [5, 5.41) is 0.766. The summed E-state index contributed by atoms with van der Waals surface area (Å²) >= 11 is 0. The van der Waals surface area contributed by atoms with Gasteiger partial charge in [0.15, 0.2) is 6.61 Å². The monoisotopic (exact) mass is 419 g/mol. The zero-order chi connectivity index (χ0) is 21.8. The van der Waals surface area contributed by atoms with Crippen LogP contribution in [0.15, 0.2) is 42.5 Å². The van der Waals surface area contributed by atoms with Gasteiger partial charge in [-0.05, 0) is 49.4 Å². The summed E-state index contributed by atoms with van der Waals surface area (Å²) in [4.78, 5) is 30.7. The molecule has 1 aliphatic carbocycles. The van der Waals surface area contributed by atoms with Crippen LogP contribution < -0.4 is 9.47 Å². The fourth-order valence-corrected chi connectivity index (χ4v) is 4.09. The predicted molar refractivity (Wildman–Crippen MR) is 117 cm³/mol. The van der Waals surface area contributed by atoms with Crippen LogP contribution in [0, 0.1) is 0 Å². The first-order valence-corrected chi connectivity index (χ1v) is 10.4. The molecular formula is C25H25NO5. The molecular weight excluding hydrogens is 394 g/mol. The van der Waals surface area contributed by atoms with E-state index in [9.17, 15) is 9.59 Å². The van der Waals surface area contributed by atoms with E-state index in [2.05, 4.69) is 0 Å². The van der Waals surface area contributed by atoms with E-state index in [1.54, 1.807) is 25.3 Å². The first kappa shape index (κ1) is 20.8. The number of aryl methyl sites for hydroxylation is 1. The number of aromatic nitrogens is 1. The molecule has 0 unspecified atom stereocenters. The number of carbonyl (C=O) groups is 2. The van der Waals surface area contributed by atoms with Gasteiger partial charge in [0.1, 0.15) is 11.5 Å². The van der Waals surface area contributed by atoms with E-state index in [0.29, 0.717) is 22.6 Å². The van der Waals surface area contributed by atoms with Gasteiger partial charge in [0, 0.05) is 17.1 Å². The van der Waals surface area contributed by atoms with Crippen LogP contribution in [0.4, 0.5) is 0 Å². The largest absolute Gasteiger partial charge is 0.497 e. The predicted octanol–water partition coefficient (Wildman–Crippen LogP) is 4.56. The summed E-state index contributed by atoms with van der Waals surface area (Å²) < 4.78 is 16.0. The van der Waals surface area contributed by atoms with Crippen LogP contribution in [0.25, 0.3) is 10.9 Å². The van der Waals surface area contributed by atoms with Crippen molar-refractivity contribution in [1.82, 2.24) is 4.98 Å². The highest BCUT2D eigenvalue weighted by molar-refractivity contribution is 6.07. The number of benzene rings is 2. The van der Waals surface area contributed by atoms with Gasteiger partial charge in [-0.3, -0.25) is 9.78 Å².